The summed E-state index contributed by atoms with van der Waals surface area (Å²) >= 11 is 3.30. The quantitative estimate of drug-likeness (QED) is 0.875. The summed E-state index contributed by atoms with van der Waals surface area (Å²) in [5, 5.41) is 8.71. The minimum absolute atomic E-state index is 0.0539. The van der Waals surface area contributed by atoms with E-state index in [9.17, 15) is 4.79 Å². The van der Waals surface area contributed by atoms with Crippen LogP contribution in [-0.4, -0.2) is 28.6 Å². The Balaban J connectivity index is 2.41. The Labute approximate surface area is 117 Å². The van der Waals surface area contributed by atoms with E-state index in [4.69, 9.17) is 0 Å². The number of carbonyl (C=O) groups excluding carboxylic acids is 1. The van der Waals surface area contributed by atoms with Gasteiger partial charge in [-0.25, -0.2) is 9.78 Å². The standard InChI is InChI=1S/C12H21N3OS2/c1-8-6-18-10(14-8)9(2)15-11(16)13-7-12(3,4)17-5/h6,9H,7H2,1-5H3,(H2,13,15,16)/t9-/m1/s1. The second-order valence-electron chi connectivity index (χ2n) is 4.84. The lowest BCUT2D eigenvalue weighted by Gasteiger charge is -2.23. The molecule has 0 spiro atoms. The number of aromatic nitrogens is 1. The van der Waals surface area contributed by atoms with Gasteiger partial charge in [0.1, 0.15) is 5.01 Å². The highest BCUT2D eigenvalue weighted by Gasteiger charge is 2.18. The highest BCUT2D eigenvalue weighted by atomic mass is 32.2. The van der Waals surface area contributed by atoms with Crippen LogP contribution >= 0.6 is 23.1 Å². The van der Waals surface area contributed by atoms with Gasteiger partial charge in [-0.3, -0.25) is 0 Å². The second kappa shape index (κ2) is 6.43. The molecule has 2 N–H and O–H groups in total. The number of thioether (sulfide) groups is 1. The fourth-order valence-electron chi connectivity index (χ4n) is 1.25. The third kappa shape index (κ3) is 4.86. The summed E-state index contributed by atoms with van der Waals surface area (Å²) < 4.78 is 0.0539. The Morgan fingerprint density at radius 3 is 2.78 bits per heavy atom. The first kappa shape index (κ1) is 15.3. The molecule has 1 aromatic rings. The van der Waals surface area contributed by atoms with Crippen molar-refractivity contribution >= 4 is 29.1 Å². The van der Waals surface area contributed by atoms with Gasteiger partial charge < -0.3 is 10.6 Å². The van der Waals surface area contributed by atoms with Crippen molar-refractivity contribution in [1.29, 1.82) is 0 Å². The number of urea groups is 1. The maximum Gasteiger partial charge on any atom is 0.315 e. The van der Waals surface area contributed by atoms with Crippen molar-refractivity contribution < 1.29 is 4.79 Å². The lowest BCUT2D eigenvalue weighted by atomic mass is 10.2. The molecule has 18 heavy (non-hydrogen) atoms. The van der Waals surface area contributed by atoms with Crippen LogP contribution in [0.5, 0.6) is 0 Å². The van der Waals surface area contributed by atoms with Gasteiger partial charge in [0.2, 0.25) is 0 Å². The van der Waals surface area contributed by atoms with Gasteiger partial charge in [0.05, 0.1) is 6.04 Å². The normalized spacial score (nSPS) is 13.2. The minimum atomic E-state index is -0.141. The smallest absolute Gasteiger partial charge is 0.315 e. The first-order valence-electron chi connectivity index (χ1n) is 5.85. The van der Waals surface area contributed by atoms with E-state index in [2.05, 4.69) is 29.5 Å². The number of rotatable bonds is 5. The number of amides is 2. The predicted octanol–water partition coefficient (Wildman–Crippen LogP) is 2.95. The van der Waals surface area contributed by atoms with E-state index in [0.29, 0.717) is 6.54 Å². The molecule has 0 saturated heterocycles. The summed E-state index contributed by atoms with van der Waals surface area (Å²) in [6.45, 7) is 8.74. The van der Waals surface area contributed by atoms with Crippen molar-refractivity contribution in [1.82, 2.24) is 15.6 Å². The van der Waals surface area contributed by atoms with Crippen LogP contribution in [0.3, 0.4) is 0 Å². The molecule has 0 aliphatic heterocycles. The van der Waals surface area contributed by atoms with Crippen LogP contribution < -0.4 is 10.6 Å². The van der Waals surface area contributed by atoms with E-state index in [1.807, 2.05) is 25.5 Å². The van der Waals surface area contributed by atoms with Gasteiger partial charge in [-0.05, 0) is 34.0 Å². The molecular weight excluding hydrogens is 266 g/mol. The van der Waals surface area contributed by atoms with Crippen molar-refractivity contribution in [3.8, 4) is 0 Å². The van der Waals surface area contributed by atoms with E-state index >= 15 is 0 Å². The zero-order valence-electron chi connectivity index (χ0n) is 11.5. The van der Waals surface area contributed by atoms with Crippen molar-refractivity contribution in [2.24, 2.45) is 0 Å². The lowest BCUT2D eigenvalue weighted by molar-refractivity contribution is 0.237. The Morgan fingerprint density at radius 1 is 1.61 bits per heavy atom. The number of aryl methyl sites for hydroxylation is 1. The zero-order chi connectivity index (χ0) is 13.8. The molecule has 0 aliphatic carbocycles. The number of thiazole rings is 1. The second-order valence-corrected chi connectivity index (χ2v) is 7.24. The van der Waals surface area contributed by atoms with Crippen molar-refractivity contribution in [3.05, 3.63) is 16.1 Å². The third-order valence-corrected chi connectivity index (χ3v) is 4.98. The Morgan fingerprint density at radius 2 is 2.28 bits per heavy atom. The molecule has 1 atom stereocenters. The third-order valence-electron chi connectivity index (χ3n) is 2.58. The maximum atomic E-state index is 11.7. The molecular formula is C12H21N3OS2. The van der Waals surface area contributed by atoms with Crippen molar-refractivity contribution in [3.63, 3.8) is 0 Å². The van der Waals surface area contributed by atoms with Gasteiger partial charge >= 0.3 is 6.03 Å². The molecule has 0 aliphatic rings. The van der Waals surface area contributed by atoms with Gasteiger partial charge in [-0.2, -0.15) is 11.8 Å². The summed E-state index contributed by atoms with van der Waals surface area (Å²) in [6.07, 6.45) is 2.04. The van der Waals surface area contributed by atoms with Gasteiger partial charge in [0.15, 0.2) is 0 Å². The van der Waals surface area contributed by atoms with Crippen LogP contribution in [0.25, 0.3) is 0 Å². The highest BCUT2D eigenvalue weighted by molar-refractivity contribution is 7.99. The van der Waals surface area contributed by atoms with Crippen molar-refractivity contribution in [2.45, 2.75) is 38.5 Å². The Hall–Kier alpha value is -0.750. The first-order chi connectivity index (χ1) is 8.34. The molecule has 1 rings (SSSR count). The average molecular weight is 287 g/mol. The van der Waals surface area contributed by atoms with Crippen LogP contribution in [0.2, 0.25) is 0 Å². The van der Waals surface area contributed by atoms with E-state index in [-0.39, 0.29) is 16.8 Å². The highest BCUT2D eigenvalue weighted by Crippen LogP contribution is 2.20. The monoisotopic (exact) mass is 287 g/mol. The number of carbonyl (C=O) groups is 1. The van der Waals surface area contributed by atoms with Crippen LogP contribution in [-0.2, 0) is 0 Å². The number of nitrogens with one attached hydrogen (secondary N) is 2. The summed E-state index contributed by atoms with van der Waals surface area (Å²) in [6, 6.07) is -0.196. The fourth-order valence-corrected chi connectivity index (χ4v) is 2.27. The van der Waals surface area contributed by atoms with Crippen LogP contribution in [0.1, 0.15) is 37.5 Å². The van der Waals surface area contributed by atoms with Crippen LogP contribution in [0.4, 0.5) is 4.79 Å². The summed E-state index contributed by atoms with van der Waals surface area (Å²) in [4.78, 5) is 16.1. The largest absolute Gasteiger partial charge is 0.337 e. The molecule has 1 heterocycles. The fraction of sp³-hybridized carbons (Fsp3) is 0.667. The number of nitrogens with zero attached hydrogens (tertiary/aromatic N) is 1. The van der Waals surface area contributed by atoms with E-state index in [0.717, 1.165) is 10.7 Å². The molecule has 4 nitrogen and oxygen atoms in total. The van der Waals surface area contributed by atoms with Crippen molar-refractivity contribution in [2.75, 3.05) is 12.8 Å². The summed E-state index contributed by atoms with van der Waals surface area (Å²) in [5.41, 5.74) is 0.993. The lowest BCUT2D eigenvalue weighted by Crippen LogP contribution is -2.42. The Bertz CT molecular complexity index is 404. The molecule has 0 unspecified atom stereocenters. The predicted molar refractivity (Wildman–Crippen MR) is 79.4 cm³/mol. The molecule has 0 radical (unpaired) electrons. The topological polar surface area (TPSA) is 54.0 Å². The maximum absolute atomic E-state index is 11.7. The average Bonchev–Trinajstić information content (AvgIpc) is 2.73. The molecule has 1 aromatic heterocycles. The Kier molecular flexibility index (Phi) is 5.47. The van der Waals surface area contributed by atoms with E-state index in [1.165, 1.54) is 0 Å². The molecule has 0 fully saturated rings. The van der Waals surface area contributed by atoms with Gasteiger partial charge in [0.25, 0.3) is 0 Å². The number of hydrogen-bond acceptors (Lipinski definition) is 4. The molecule has 6 heteroatoms. The minimum Gasteiger partial charge on any atom is -0.337 e. The summed E-state index contributed by atoms with van der Waals surface area (Å²) in [5.74, 6) is 0. The molecule has 0 bridgehead atoms. The first-order valence-corrected chi connectivity index (χ1v) is 7.96. The van der Waals surface area contributed by atoms with Gasteiger partial charge in [-0.1, -0.05) is 0 Å². The molecule has 2 amide bonds. The molecule has 102 valence electrons. The zero-order valence-corrected chi connectivity index (χ0v) is 13.2. The SMILES string of the molecule is CSC(C)(C)CNC(=O)N[C@H](C)c1nc(C)cs1. The number of hydrogen-bond donors (Lipinski definition) is 2. The van der Waals surface area contributed by atoms with Crippen LogP contribution in [0.15, 0.2) is 5.38 Å². The van der Waals surface area contributed by atoms with Gasteiger partial charge in [0, 0.05) is 22.4 Å². The molecule has 0 saturated carbocycles. The molecule has 0 aromatic carbocycles. The summed E-state index contributed by atoms with van der Waals surface area (Å²) in [7, 11) is 0. The van der Waals surface area contributed by atoms with E-state index in [1.54, 1.807) is 23.1 Å². The van der Waals surface area contributed by atoms with Crippen LogP contribution in [0, 0.1) is 6.92 Å². The van der Waals surface area contributed by atoms with E-state index < -0.39 is 0 Å². The van der Waals surface area contributed by atoms with Gasteiger partial charge in [-0.15, -0.1) is 11.3 Å².